The van der Waals surface area contributed by atoms with Crippen LogP contribution in [0, 0.1) is 0 Å². The minimum absolute atomic E-state index is 0.0934. The van der Waals surface area contributed by atoms with Crippen molar-refractivity contribution in [2.24, 2.45) is 4.99 Å². The van der Waals surface area contributed by atoms with Crippen LogP contribution >= 0.6 is 11.6 Å². The molecule has 1 aliphatic rings. The molecule has 19 heavy (non-hydrogen) atoms. The predicted octanol–water partition coefficient (Wildman–Crippen LogP) is 2.43. The third-order valence-corrected chi connectivity index (χ3v) is 3.27. The van der Waals surface area contributed by atoms with E-state index >= 15 is 0 Å². The molecule has 0 saturated carbocycles. The van der Waals surface area contributed by atoms with Crippen molar-refractivity contribution in [1.29, 1.82) is 0 Å². The van der Waals surface area contributed by atoms with E-state index in [1.165, 1.54) is 7.11 Å². The molecule has 0 bridgehead atoms. The van der Waals surface area contributed by atoms with Gasteiger partial charge >= 0.3 is 6.09 Å². The number of likely N-dealkylation sites (N-methyl/N-ethyl adjacent to an activating group) is 1. The molecule has 0 saturated heterocycles. The van der Waals surface area contributed by atoms with Gasteiger partial charge in [0.1, 0.15) is 0 Å². The van der Waals surface area contributed by atoms with Gasteiger partial charge in [0, 0.05) is 11.6 Å². The summed E-state index contributed by atoms with van der Waals surface area (Å²) in [6, 6.07) is 7.78. The molecule has 1 heterocycles. The van der Waals surface area contributed by atoms with Crippen molar-refractivity contribution in [3.05, 3.63) is 34.9 Å². The van der Waals surface area contributed by atoms with Crippen LogP contribution in [0.1, 0.15) is 18.5 Å². The lowest BCUT2D eigenvalue weighted by Gasteiger charge is -2.26. The summed E-state index contributed by atoms with van der Waals surface area (Å²) in [4.78, 5) is 17.6. The summed E-state index contributed by atoms with van der Waals surface area (Å²) in [5.74, 6) is 0.541. The Morgan fingerprint density at radius 2 is 2.42 bits per heavy atom. The van der Waals surface area contributed by atoms with E-state index in [0.717, 1.165) is 12.1 Å². The highest BCUT2D eigenvalue weighted by Gasteiger charge is 2.29. The van der Waals surface area contributed by atoms with E-state index in [4.69, 9.17) is 11.6 Å². The van der Waals surface area contributed by atoms with Crippen LogP contribution in [0.25, 0.3) is 0 Å². The van der Waals surface area contributed by atoms with E-state index in [-0.39, 0.29) is 6.04 Å². The lowest BCUT2D eigenvalue weighted by atomic mass is 10.1. The molecule has 0 fully saturated rings. The zero-order chi connectivity index (χ0) is 13.8. The molecule has 0 spiro atoms. The molecule has 1 aromatic carbocycles. The van der Waals surface area contributed by atoms with Gasteiger partial charge in [-0.15, -0.1) is 0 Å². The van der Waals surface area contributed by atoms with Crippen molar-refractivity contribution in [3.63, 3.8) is 0 Å². The fourth-order valence-corrected chi connectivity index (χ4v) is 2.33. The first kappa shape index (κ1) is 13.7. The number of nitrogens with zero attached hydrogens (tertiary/aromatic N) is 2. The molecule has 1 aromatic rings. The maximum atomic E-state index is 11.3. The Hall–Kier alpha value is -1.75. The van der Waals surface area contributed by atoms with Crippen LogP contribution in [-0.4, -0.2) is 37.2 Å². The van der Waals surface area contributed by atoms with Crippen molar-refractivity contribution >= 4 is 23.7 Å². The largest absolute Gasteiger partial charge is 0.453 e. The SMILES string of the molecule is CCN1C(NC(=O)OC)=NCC1c1cccc(Cl)c1. The Morgan fingerprint density at radius 1 is 1.63 bits per heavy atom. The lowest BCUT2D eigenvalue weighted by Crippen LogP contribution is -2.42. The number of hydrogen-bond acceptors (Lipinski definition) is 4. The smallest absolute Gasteiger partial charge is 0.413 e. The van der Waals surface area contributed by atoms with Crippen LogP contribution in [-0.2, 0) is 4.74 Å². The highest BCUT2D eigenvalue weighted by atomic mass is 35.5. The van der Waals surface area contributed by atoms with E-state index in [2.05, 4.69) is 15.0 Å². The average Bonchev–Trinajstić information content (AvgIpc) is 2.81. The number of amides is 1. The third kappa shape index (κ3) is 2.98. The van der Waals surface area contributed by atoms with Crippen LogP contribution in [0.4, 0.5) is 4.79 Å². The van der Waals surface area contributed by atoms with Gasteiger partial charge in [-0.2, -0.15) is 0 Å². The van der Waals surface area contributed by atoms with Gasteiger partial charge in [0.05, 0.1) is 19.7 Å². The number of benzene rings is 1. The van der Waals surface area contributed by atoms with Gasteiger partial charge in [-0.25, -0.2) is 4.79 Å². The molecule has 1 amide bonds. The molecule has 1 atom stereocenters. The summed E-state index contributed by atoms with van der Waals surface area (Å²) in [5.41, 5.74) is 1.08. The maximum absolute atomic E-state index is 11.3. The first-order valence-electron chi connectivity index (χ1n) is 6.07. The van der Waals surface area contributed by atoms with Gasteiger partial charge in [-0.3, -0.25) is 10.3 Å². The number of alkyl carbamates (subject to hydrolysis) is 1. The minimum atomic E-state index is -0.510. The van der Waals surface area contributed by atoms with Crippen molar-refractivity contribution < 1.29 is 9.53 Å². The fourth-order valence-electron chi connectivity index (χ4n) is 2.13. The fraction of sp³-hybridized carbons (Fsp3) is 0.385. The Kier molecular flexibility index (Phi) is 4.27. The number of halogens is 1. The second kappa shape index (κ2) is 5.93. The van der Waals surface area contributed by atoms with Crippen LogP contribution in [0.3, 0.4) is 0 Å². The van der Waals surface area contributed by atoms with Gasteiger partial charge in [0.2, 0.25) is 5.96 Å². The molecule has 102 valence electrons. The Balaban J connectivity index is 2.16. The summed E-state index contributed by atoms with van der Waals surface area (Å²) < 4.78 is 4.59. The summed E-state index contributed by atoms with van der Waals surface area (Å²) >= 11 is 6.01. The van der Waals surface area contributed by atoms with Gasteiger partial charge in [-0.1, -0.05) is 23.7 Å². The van der Waals surface area contributed by atoms with Gasteiger partial charge in [-0.05, 0) is 24.6 Å². The molecule has 5 nitrogen and oxygen atoms in total. The Bertz CT molecular complexity index is 504. The highest BCUT2D eigenvalue weighted by Crippen LogP contribution is 2.27. The van der Waals surface area contributed by atoms with Crippen LogP contribution in [0.5, 0.6) is 0 Å². The number of ether oxygens (including phenoxy) is 1. The lowest BCUT2D eigenvalue weighted by molar-refractivity contribution is 0.175. The first-order valence-corrected chi connectivity index (χ1v) is 6.45. The van der Waals surface area contributed by atoms with Crippen LogP contribution in [0.15, 0.2) is 29.3 Å². The molecule has 0 aliphatic carbocycles. The summed E-state index contributed by atoms with van der Waals surface area (Å²) in [6.45, 7) is 3.34. The molecule has 1 aliphatic heterocycles. The van der Waals surface area contributed by atoms with Crippen molar-refractivity contribution in [2.75, 3.05) is 20.2 Å². The summed E-state index contributed by atoms with van der Waals surface area (Å²) in [5, 5.41) is 3.32. The number of carbonyl (C=O) groups is 1. The third-order valence-electron chi connectivity index (χ3n) is 3.04. The van der Waals surface area contributed by atoms with Crippen molar-refractivity contribution in [2.45, 2.75) is 13.0 Å². The number of methoxy groups -OCH3 is 1. The van der Waals surface area contributed by atoms with Crippen LogP contribution in [0.2, 0.25) is 5.02 Å². The summed E-state index contributed by atoms with van der Waals surface area (Å²) in [6.07, 6.45) is -0.510. The van der Waals surface area contributed by atoms with Crippen molar-refractivity contribution in [1.82, 2.24) is 10.2 Å². The van der Waals surface area contributed by atoms with Gasteiger partial charge in [0.25, 0.3) is 0 Å². The van der Waals surface area contributed by atoms with E-state index in [9.17, 15) is 4.79 Å². The second-order valence-electron chi connectivity index (χ2n) is 4.14. The minimum Gasteiger partial charge on any atom is -0.453 e. The molecule has 6 heteroatoms. The predicted molar refractivity (Wildman–Crippen MR) is 74.4 cm³/mol. The monoisotopic (exact) mass is 281 g/mol. The van der Waals surface area contributed by atoms with Crippen molar-refractivity contribution in [3.8, 4) is 0 Å². The normalized spacial score (nSPS) is 18.2. The van der Waals surface area contributed by atoms with E-state index in [1.54, 1.807) is 0 Å². The Labute approximate surface area is 117 Å². The quantitative estimate of drug-likeness (QED) is 0.906. The number of guanidine groups is 1. The number of aliphatic imine (C=N–C) groups is 1. The molecule has 1 unspecified atom stereocenters. The number of hydrogen-bond donors (Lipinski definition) is 1. The first-order chi connectivity index (χ1) is 9.15. The second-order valence-corrected chi connectivity index (χ2v) is 4.57. The molecule has 0 radical (unpaired) electrons. The average molecular weight is 282 g/mol. The number of rotatable bonds is 2. The molecular weight excluding hydrogens is 266 g/mol. The molecular formula is C13H16ClN3O2. The molecule has 1 N–H and O–H groups in total. The number of carbonyl (C=O) groups excluding carboxylic acids is 1. The Morgan fingerprint density at radius 3 is 3.05 bits per heavy atom. The zero-order valence-electron chi connectivity index (χ0n) is 10.9. The number of nitrogens with one attached hydrogen (secondary N) is 1. The van der Waals surface area contributed by atoms with E-state index in [1.807, 2.05) is 36.1 Å². The molecule has 2 rings (SSSR count). The van der Waals surface area contributed by atoms with E-state index in [0.29, 0.717) is 17.5 Å². The summed E-state index contributed by atoms with van der Waals surface area (Å²) in [7, 11) is 1.33. The standard InChI is InChI=1S/C13H16ClN3O2/c1-3-17-11(9-5-4-6-10(14)7-9)8-15-12(17)16-13(18)19-2/h4-7,11H,3,8H2,1-2H3,(H,15,16,18). The topological polar surface area (TPSA) is 53.9 Å². The zero-order valence-corrected chi connectivity index (χ0v) is 11.6. The maximum Gasteiger partial charge on any atom is 0.413 e. The van der Waals surface area contributed by atoms with E-state index < -0.39 is 6.09 Å². The molecule has 0 aromatic heterocycles. The highest BCUT2D eigenvalue weighted by molar-refractivity contribution is 6.30. The van der Waals surface area contributed by atoms with Gasteiger partial charge in [0.15, 0.2) is 0 Å². The van der Waals surface area contributed by atoms with Gasteiger partial charge < -0.3 is 9.64 Å². The van der Waals surface area contributed by atoms with Crippen LogP contribution < -0.4 is 5.32 Å².